The van der Waals surface area contributed by atoms with Crippen LogP contribution in [-0.4, -0.2) is 74.9 Å². The quantitative estimate of drug-likeness (QED) is 0.772. The number of nitrogens with zero attached hydrogens (tertiary/aromatic N) is 2. The van der Waals surface area contributed by atoms with Gasteiger partial charge in [-0.2, -0.15) is 0 Å². The molecule has 1 heterocycles. The van der Waals surface area contributed by atoms with E-state index < -0.39 is 0 Å². The van der Waals surface area contributed by atoms with Crippen molar-refractivity contribution in [3.63, 3.8) is 0 Å². The molecule has 2 unspecified atom stereocenters. The third-order valence-corrected chi connectivity index (χ3v) is 4.66. The lowest BCUT2D eigenvalue weighted by molar-refractivity contribution is 0.00884. The summed E-state index contributed by atoms with van der Waals surface area (Å²) < 4.78 is 5.57. The first-order valence-corrected chi connectivity index (χ1v) is 8.07. The summed E-state index contributed by atoms with van der Waals surface area (Å²) in [5, 5.41) is 3.70. The fourth-order valence-electron chi connectivity index (χ4n) is 3.04. The fourth-order valence-corrected chi connectivity index (χ4v) is 3.04. The largest absolute Gasteiger partial charge is 0.379 e. The van der Waals surface area contributed by atoms with Gasteiger partial charge in [-0.15, -0.1) is 0 Å². The van der Waals surface area contributed by atoms with E-state index in [1.54, 1.807) is 0 Å². The molecule has 1 fully saturated rings. The van der Waals surface area contributed by atoms with Gasteiger partial charge in [-0.05, 0) is 66.8 Å². The van der Waals surface area contributed by atoms with Gasteiger partial charge in [0.1, 0.15) is 0 Å². The van der Waals surface area contributed by atoms with Crippen LogP contribution in [-0.2, 0) is 4.74 Å². The zero-order chi connectivity index (χ0) is 15.2. The van der Waals surface area contributed by atoms with Gasteiger partial charge in [0.2, 0.25) is 0 Å². The highest BCUT2D eigenvalue weighted by molar-refractivity contribution is 4.88. The highest BCUT2D eigenvalue weighted by Gasteiger charge is 2.29. The van der Waals surface area contributed by atoms with Crippen molar-refractivity contribution in [1.82, 2.24) is 15.1 Å². The molecule has 0 bridgehead atoms. The molecule has 0 aromatic carbocycles. The number of nitrogens with one attached hydrogen (secondary N) is 1. The Kier molecular flexibility index (Phi) is 7.45. The zero-order valence-corrected chi connectivity index (χ0v) is 14.4. The van der Waals surface area contributed by atoms with E-state index in [4.69, 9.17) is 4.74 Å². The molecule has 0 aromatic heterocycles. The highest BCUT2D eigenvalue weighted by atomic mass is 16.5. The highest BCUT2D eigenvalue weighted by Crippen LogP contribution is 2.20. The molecule has 20 heavy (non-hydrogen) atoms. The second kappa shape index (κ2) is 8.32. The number of hydrogen-bond acceptors (Lipinski definition) is 4. The van der Waals surface area contributed by atoms with E-state index in [9.17, 15) is 0 Å². The first-order valence-electron chi connectivity index (χ1n) is 8.07. The molecule has 0 spiro atoms. The minimum absolute atomic E-state index is 0.0249. The summed E-state index contributed by atoms with van der Waals surface area (Å²) in [5.41, 5.74) is -0.0249. The Balaban J connectivity index is 2.66. The van der Waals surface area contributed by atoms with Crippen molar-refractivity contribution in [1.29, 1.82) is 0 Å². The van der Waals surface area contributed by atoms with E-state index in [1.165, 1.54) is 19.5 Å². The SMILES string of the molecule is CCNC(CCC(C)(C)OC)C1CN(C)CCCN1C. The second-order valence-corrected chi connectivity index (χ2v) is 6.83. The van der Waals surface area contributed by atoms with Crippen LogP contribution in [0.4, 0.5) is 0 Å². The first-order chi connectivity index (χ1) is 9.39. The summed E-state index contributed by atoms with van der Waals surface area (Å²) in [5.74, 6) is 0. The molecule has 1 saturated heterocycles. The van der Waals surface area contributed by atoms with Gasteiger partial charge in [0, 0.05) is 25.7 Å². The molecule has 1 N–H and O–H groups in total. The van der Waals surface area contributed by atoms with Crippen LogP contribution in [0, 0.1) is 0 Å². The maximum Gasteiger partial charge on any atom is 0.0623 e. The normalized spacial score (nSPS) is 24.6. The van der Waals surface area contributed by atoms with Crippen molar-refractivity contribution >= 4 is 0 Å². The van der Waals surface area contributed by atoms with Crippen molar-refractivity contribution in [2.24, 2.45) is 0 Å². The molecule has 1 rings (SSSR count). The van der Waals surface area contributed by atoms with Crippen molar-refractivity contribution < 1.29 is 4.74 Å². The van der Waals surface area contributed by atoms with Gasteiger partial charge in [-0.3, -0.25) is 0 Å². The molecule has 0 aliphatic carbocycles. The van der Waals surface area contributed by atoms with Crippen molar-refractivity contribution in [3.8, 4) is 0 Å². The fraction of sp³-hybridized carbons (Fsp3) is 1.00. The Bertz CT molecular complexity index is 270. The molecule has 0 radical (unpaired) electrons. The average molecular weight is 285 g/mol. The van der Waals surface area contributed by atoms with Crippen LogP contribution in [0.5, 0.6) is 0 Å². The van der Waals surface area contributed by atoms with E-state index in [0.717, 1.165) is 25.9 Å². The Morgan fingerprint density at radius 2 is 2.00 bits per heavy atom. The summed E-state index contributed by atoms with van der Waals surface area (Å²) in [6.45, 7) is 11.2. The van der Waals surface area contributed by atoms with Crippen LogP contribution < -0.4 is 5.32 Å². The predicted molar refractivity (Wildman–Crippen MR) is 86.3 cm³/mol. The minimum atomic E-state index is -0.0249. The summed E-state index contributed by atoms with van der Waals surface area (Å²) in [7, 11) is 6.33. The maximum atomic E-state index is 5.57. The van der Waals surface area contributed by atoms with E-state index in [1.807, 2.05) is 7.11 Å². The lowest BCUT2D eigenvalue weighted by Crippen LogP contribution is -2.52. The Morgan fingerprint density at radius 1 is 1.30 bits per heavy atom. The van der Waals surface area contributed by atoms with E-state index >= 15 is 0 Å². The molecule has 0 aromatic rings. The Hall–Kier alpha value is -0.160. The zero-order valence-electron chi connectivity index (χ0n) is 14.4. The van der Waals surface area contributed by atoms with Gasteiger partial charge in [0.05, 0.1) is 5.60 Å². The van der Waals surface area contributed by atoms with Crippen molar-refractivity contribution in [3.05, 3.63) is 0 Å². The topological polar surface area (TPSA) is 27.7 Å². The lowest BCUT2D eigenvalue weighted by atomic mass is 9.94. The molecule has 0 amide bonds. The number of rotatable bonds is 7. The number of methoxy groups -OCH3 is 1. The summed E-state index contributed by atoms with van der Waals surface area (Å²) in [6.07, 6.45) is 3.53. The standard InChI is InChI=1S/C16H35N3O/c1-7-17-14(9-10-16(2,3)20-6)15-13-18(4)11-8-12-19(15)5/h14-15,17H,7-13H2,1-6H3. The lowest BCUT2D eigenvalue weighted by Gasteiger charge is -2.36. The van der Waals surface area contributed by atoms with E-state index in [2.05, 4.69) is 50.0 Å². The average Bonchev–Trinajstić information content (AvgIpc) is 2.56. The molecule has 4 heteroatoms. The van der Waals surface area contributed by atoms with E-state index in [-0.39, 0.29) is 5.60 Å². The molecule has 1 aliphatic rings. The van der Waals surface area contributed by atoms with Crippen LogP contribution >= 0.6 is 0 Å². The third kappa shape index (κ3) is 5.68. The van der Waals surface area contributed by atoms with Gasteiger partial charge in [-0.1, -0.05) is 6.92 Å². The third-order valence-electron chi connectivity index (χ3n) is 4.66. The maximum absolute atomic E-state index is 5.57. The molecule has 120 valence electrons. The minimum Gasteiger partial charge on any atom is -0.379 e. The smallest absolute Gasteiger partial charge is 0.0623 e. The van der Waals surface area contributed by atoms with Gasteiger partial charge >= 0.3 is 0 Å². The molecule has 0 saturated carbocycles. The molecular weight excluding hydrogens is 250 g/mol. The Labute approximate surface area is 125 Å². The van der Waals surface area contributed by atoms with Crippen LogP contribution in [0.15, 0.2) is 0 Å². The number of hydrogen-bond donors (Lipinski definition) is 1. The summed E-state index contributed by atoms with van der Waals surface area (Å²) in [4.78, 5) is 5.01. The van der Waals surface area contributed by atoms with Crippen LogP contribution in [0.3, 0.4) is 0 Å². The first kappa shape index (κ1) is 17.9. The monoisotopic (exact) mass is 285 g/mol. The number of likely N-dealkylation sites (N-methyl/N-ethyl adjacent to an activating group) is 3. The van der Waals surface area contributed by atoms with Crippen molar-refractivity contribution in [2.75, 3.05) is 47.4 Å². The second-order valence-electron chi connectivity index (χ2n) is 6.83. The molecular formula is C16H35N3O. The van der Waals surface area contributed by atoms with Crippen LogP contribution in [0.1, 0.15) is 40.0 Å². The predicted octanol–water partition coefficient (Wildman–Crippen LogP) is 1.81. The summed E-state index contributed by atoms with van der Waals surface area (Å²) >= 11 is 0. The van der Waals surface area contributed by atoms with Crippen LogP contribution in [0.2, 0.25) is 0 Å². The van der Waals surface area contributed by atoms with Crippen LogP contribution in [0.25, 0.3) is 0 Å². The molecule has 2 atom stereocenters. The van der Waals surface area contributed by atoms with E-state index in [0.29, 0.717) is 12.1 Å². The summed E-state index contributed by atoms with van der Waals surface area (Å²) in [6, 6.07) is 1.13. The Morgan fingerprint density at radius 3 is 2.60 bits per heavy atom. The molecule has 1 aliphatic heterocycles. The van der Waals surface area contributed by atoms with Gasteiger partial charge in [-0.25, -0.2) is 0 Å². The van der Waals surface area contributed by atoms with Gasteiger partial charge in [0.25, 0.3) is 0 Å². The molecule has 4 nitrogen and oxygen atoms in total. The number of ether oxygens (including phenoxy) is 1. The van der Waals surface area contributed by atoms with Crippen molar-refractivity contribution in [2.45, 2.75) is 57.7 Å². The van der Waals surface area contributed by atoms with Gasteiger partial charge < -0.3 is 19.9 Å². The van der Waals surface area contributed by atoms with Gasteiger partial charge in [0.15, 0.2) is 0 Å².